The highest BCUT2D eigenvalue weighted by Crippen LogP contribution is 2.18. The van der Waals surface area contributed by atoms with E-state index in [1.807, 2.05) is 25.1 Å². The number of rotatable bonds is 7. The van der Waals surface area contributed by atoms with Gasteiger partial charge >= 0.3 is 0 Å². The Bertz CT molecular complexity index is 689. The summed E-state index contributed by atoms with van der Waals surface area (Å²) in [5.41, 5.74) is 1.60. The first-order valence-electron chi connectivity index (χ1n) is 7.89. The summed E-state index contributed by atoms with van der Waals surface area (Å²) >= 11 is 0. The molecule has 2 aromatic rings. The van der Waals surface area contributed by atoms with E-state index >= 15 is 0 Å². The van der Waals surface area contributed by atoms with Gasteiger partial charge in [-0.15, -0.1) is 0 Å². The highest BCUT2D eigenvalue weighted by Gasteiger charge is 2.15. The zero-order valence-corrected chi connectivity index (χ0v) is 13.9. The van der Waals surface area contributed by atoms with Gasteiger partial charge in [-0.25, -0.2) is 8.78 Å². The SMILES string of the molecule is CN(C)C(CNC(=O)CCc1cccc(F)c1)c1cccc(F)c1. The summed E-state index contributed by atoms with van der Waals surface area (Å²) in [6.45, 7) is 0.387. The Kier molecular flexibility index (Phi) is 6.44. The summed E-state index contributed by atoms with van der Waals surface area (Å²) in [7, 11) is 3.77. The molecule has 0 aliphatic rings. The van der Waals surface area contributed by atoms with E-state index in [0.717, 1.165) is 11.1 Å². The minimum atomic E-state index is -0.299. The lowest BCUT2D eigenvalue weighted by Crippen LogP contribution is -2.34. The Labute approximate surface area is 141 Å². The molecule has 0 aliphatic carbocycles. The zero-order chi connectivity index (χ0) is 17.5. The van der Waals surface area contributed by atoms with Crippen LogP contribution >= 0.6 is 0 Å². The van der Waals surface area contributed by atoms with Crippen molar-refractivity contribution in [2.45, 2.75) is 18.9 Å². The number of likely N-dealkylation sites (N-methyl/N-ethyl adjacent to an activating group) is 1. The molecule has 0 bridgehead atoms. The van der Waals surface area contributed by atoms with Crippen LogP contribution in [0.15, 0.2) is 48.5 Å². The summed E-state index contributed by atoms with van der Waals surface area (Å²) in [6, 6.07) is 12.5. The molecule has 0 fully saturated rings. The number of hydrogen-bond acceptors (Lipinski definition) is 2. The Hall–Kier alpha value is -2.27. The van der Waals surface area contributed by atoms with E-state index in [9.17, 15) is 13.6 Å². The van der Waals surface area contributed by atoms with Gasteiger partial charge in [-0.05, 0) is 55.9 Å². The van der Waals surface area contributed by atoms with Crippen molar-refractivity contribution in [3.8, 4) is 0 Å². The lowest BCUT2D eigenvalue weighted by molar-refractivity contribution is -0.121. The van der Waals surface area contributed by atoms with Crippen molar-refractivity contribution in [3.05, 3.63) is 71.3 Å². The topological polar surface area (TPSA) is 32.3 Å². The van der Waals surface area contributed by atoms with E-state index in [1.165, 1.54) is 24.3 Å². The highest BCUT2D eigenvalue weighted by molar-refractivity contribution is 5.76. The van der Waals surface area contributed by atoms with Crippen LogP contribution in [0.5, 0.6) is 0 Å². The molecule has 0 saturated heterocycles. The summed E-state index contributed by atoms with van der Waals surface area (Å²) in [4.78, 5) is 14.0. The Balaban J connectivity index is 1.88. The third-order valence-electron chi connectivity index (χ3n) is 3.88. The smallest absolute Gasteiger partial charge is 0.220 e. The lowest BCUT2D eigenvalue weighted by Gasteiger charge is -2.25. The maximum atomic E-state index is 13.4. The molecule has 5 heteroatoms. The largest absolute Gasteiger partial charge is 0.354 e. The van der Waals surface area contributed by atoms with Crippen molar-refractivity contribution in [1.82, 2.24) is 10.2 Å². The van der Waals surface area contributed by atoms with Crippen LogP contribution < -0.4 is 5.32 Å². The van der Waals surface area contributed by atoms with E-state index in [-0.39, 0.29) is 30.0 Å². The van der Waals surface area contributed by atoms with Crippen LogP contribution in [0.3, 0.4) is 0 Å². The molecule has 0 aromatic heterocycles. The highest BCUT2D eigenvalue weighted by atomic mass is 19.1. The first kappa shape index (κ1) is 18.1. The average molecular weight is 332 g/mol. The van der Waals surface area contributed by atoms with Gasteiger partial charge in [-0.2, -0.15) is 0 Å². The minimum absolute atomic E-state index is 0.109. The average Bonchev–Trinajstić information content (AvgIpc) is 2.53. The second-order valence-corrected chi connectivity index (χ2v) is 5.97. The molecule has 0 heterocycles. The molecule has 0 saturated carbocycles. The van der Waals surface area contributed by atoms with Crippen LogP contribution in [0.1, 0.15) is 23.6 Å². The molecular formula is C19H22F2N2O. The molecular weight excluding hydrogens is 310 g/mol. The van der Waals surface area contributed by atoms with Gasteiger partial charge in [0.25, 0.3) is 0 Å². The van der Waals surface area contributed by atoms with Crippen LogP contribution in [-0.2, 0) is 11.2 Å². The van der Waals surface area contributed by atoms with Crippen molar-refractivity contribution in [2.75, 3.05) is 20.6 Å². The maximum Gasteiger partial charge on any atom is 0.220 e. The van der Waals surface area contributed by atoms with Crippen LogP contribution in [-0.4, -0.2) is 31.4 Å². The van der Waals surface area contributed by atoms with E-state index in [1.54, 1.807) is 18.2 Å². The summed E-state index contributed by atoms with van der Waals surface area (Å²) in [6.07, 6.45) is 0.767. The van der Waals surface area contributed by atoms with Crippen LogP contribution in [0, 0.1) is 11.6 Å². The fourth-order valence-electron chi connectivity index (χ4n) is 2.56. The third kappa shape index (κ3) is 5.42. The number of nitrogens with zero attached hydrogens (tertiary/aromatic N) is 1. The number of benzene rings is 2. The second-order valence-electron chi connectivity index (χ2n) is 5.97. The standard InChI is InChI=1S/C19H22F2N2O/c1-23(2)18(15-6-4-8-17(21)12-15)13-22-19(24)10-9-14-5-3-7-16(20)11-14/h3-8,11-12,18H,9-10,13H2,1-2H3,(H,22,24). The van der Waals surface area contributed by atoms with Gasteiger partial charge in [0.05, 0.1) is 6.04 Å². The van der Waals surface area contributed by atoms with Gasteiger partial charge in [-0.3, -0.25) is 4.79 Å². The molecule has 1 amide bonds. The molecule has 0 aliphatic heterocycles. The fourth-order valence-corrected chi connectivity index (χ4v) is 2.56. The molecule has 128 valence electrons. The van der Waals surface area contributed by atoms with E-state index < -0.39 is 0 Å². The Morgan fingerprint density at radius 3 is 2.38 bits per heavy atom. The van der Waals surface area contributed by atoms with E-state index in [0.29, 0.717) is 13.0 Å². The lowest BCUT2D eigenvalue weighted by atomic mass is 10.1. The quantitative estimate of drug-likeness (QED) is 0.844. The molecule has 3 nitrogen and oxygen atoms in total. The fraction of sp³-hybridized carbons (Fsp3) is 0.316. The van der Waals surface area contributed by atoms with Crippen molar-refractivity contribution >= 4 is 5.91 Å². The Morgan fingerprint density at radius 2 is 1.75 bits per heavy atom. The van der Waals surface area contributed by atoms with Gasteiger partial charge in [0.1, 0.15) is 11.6 Å². The number of carbonyl (C=O) groups excluding carboxylic acids is 1. The first-order chi connectivity index (χ1) is 11.5. The van der Waals surface area contributed by atoms with Crippen molar-refractivity contribution in [2.24, 2.45) is 0 Å². The minimum Gasteiger partial charge on any atom is -0.354 e. The molecule has 0 spiro atoms. The van der Waals surface area contributed by atoms with Crippen molar-refractivity contribution in [3.63, 3.8) is 0 Å². The number of amides is 1. The molecule has 0 radical (unpaired) electrons. The van der Waals surface area contributed by atoms with Gasteiger partial charge in [0, 0.05) is 13.0 Å². The monoisotopic (exact) mass is 332 g/mol. The number of halogens is 2. The van der Waals surface area contributed by atoms with Crippen LogP contribution in [0.4, 0.5) is 8.78 Å². The molecule has 1 atom stereocenters. The van der Waals surface area contributed by atoms with E-state index in [4.69, 9.17) is 0 Å². The van der Waals surface area contributed by atoms with Gasteiger partial charge < -0.3 is 10.2 Å². The first-order valence-corrected chi connectivity index (χ1v) is 7.89. The zero-order valence-electron chi connectivity index (χ0n) is 13.9. The number of nitrogens with one attached hydrogen (secondary N) is 1. The van der Waals surface area contributed by atoms with Gasteiger partial charge in [-0.1, -0.05) is 24.3 Å². The maximum absolute atomic E-state index is 13.4. The molecule has 1 N–H and O–H groups in total. The Morgan fingerprint density at radius 1 is 1.08 bits per heavy atom. The normalized spacial score (nSPS) is 12.2. The summed E-state index contributed by atoms with van der Waals surface area (Å²) < 4.78 is 26.5. The predicted octanol–water partition coefficient (Wildman–Crippen LogP) is 3.32. The van der Waals surface area contributed by atoms with Crippen molar-refractivity contribution in [1.29, 1.82) is 0 Å². The number of hydrogen-bond donors (Lipinski definition) is 1. The molecule has 2 rings (SSSR count). The van der Waals surface area contributed by atoms with Crippen molar-refractivity contribution < 1.29 is 13.6 Å². The number of carbonyl (C=O) groups is 1. The van der Waals surface area contributed by atoms with E-state index in [2.05, 4.69) is 5.32 Å². The third-order valence-corrected chi connectivity index (χ3v) is 3.88. The molecule has 1 unspecified atom stereocenters. The van der Waals surface area contributed by atoms with Crippen LogP contribution in [0.25, 0.3) is 0 Å². The van der Waals surface area contributed by atoms with Gasteiger partial charge in [0.2, 0.25) is 5.91 Å². The second kappa shape index (κ2) is 8.55. The van der Waals surface area contributed by atoms with Gasteiger partial charge in [0.15, 0.2) is 0 Å². The summed E-state index contributed by atoms with van der Waals surface area (Å²) in [5.74, 6) is -0.703. The van der Waals surface area contributed by atoms with Crippen LogP contribution in [0.2, 0.25) is 0 Å². The predicted molar refractivity (Wildman–Crippen MR) is 90.6 cm³/mol. The summed E-state index contributed by atoms with van der Waals surface area (Å²) in [5, 5.41) is 2.87. The molecule has 24 heavy (non-hydrogen) atoms. The number of aryl methyl sites for hydroxylation is 1. The molecule has 2 aromatic carbocycles.